The summed E-state index contributed by atoms with van der Waals surface area (Å²) < 4.78 is 5.62. The van der Waals surface area contributed by atoms with Gasteiger partial charge in [0.25, 0.3) is 0 Å². The lowest BCUT2D eigenvalue weighted by Crippen LogP contribution is -2.35. The molecule has 0 aromatic heterocycles. The first kappa shape index (κ1) is 18.3. The first-order chi connectivity index (χ1) is 12.5. The van der Waals surface area contributed by atoms with Crippen LogP contribution in [0.3, 0.4) is 0 Å². The molecule has 6 heteroatoms. The van der Waals surface area contributed by atoms with Gasteiger partial charge in [-0.05, 0) is 48.9 Å². The lowest BCUT2D eigenvalue weighted by Gasteiger charge is -2.16. The average molecular weight is 373 g/mol. The number of anilines is 1. The van der Waals surface area contributed by atoms with E-state index < -0.39 is 0 Å². The van der Waals surface area contributed by atoms with Gasteiger partial charge >= 0.3 is 0 Å². The largest absolute Gasteiger partial charge is 0.492 e. The maximum atomic E-state index is 12.3. The quantitative estimate of drug-likeness (QED) is 0.792. The van der Waals surface area contributed by atoms with Crippen molar-refractivity contribution in [1.29, 1.82) is 0 Å². The van der Waals surface area contributed by atoms with Crippen molar-refractivity contribution in [1.82, 2.24) is 5.32 Å². The fraction of sp³-hybridized carbons (Fsp3) is 0.300. The van der Waals surface area contributed by atoms with E-state index >= 15 is 0 Å². The van der Waals surface area contributed by atoms with Crippen LogP contribution in [-0.4, -0.2) is 31.5 Å². The molecule has 0 spiro atoms. The molecule has 0 radical (unpaired) electrons. The molecule has 26 heavy (non-hydrogen) atoms. The molecule has 1 atom stereocenters. The summed E-state index contributed by atoms with van der Waals surface area (Å²) in [4.78, 5) is 26.2. The van der Waals surface area contributed by atoms with Gasteiger partial charge in [0.15, 0.2) is 0 Å². The maximum Gasteiger partial charge on any atom is 0.227 e. The number of carbonyl (C=O) groups is 2. The van der Waals surface area contributed by atoms with Crippen molar-refractivity contribution >= 4 is 29.1 Å². The summed E-state index contributed by atoms with van der Waals surface area (Å²) in [5.41, 5.74) is 1.88. The van der Waals surface area contributed by atoms with E-state index in [1.54, 1.807) is 29.2 Å². The van der Waals surface area contributed by atoms with Gasteiger partial charge < -0.3 is 15.0 Å². The van der Waals surface area contributed by atoms with Gasteiger partial charge in [0, 0.05) is 23.7 Å². The van der Waals surface area contributed by atoms with E-state index in [0.29, 0.717) is 24.7 Å². The highest BCUT2D eigenvalue weighted by Gasteiger charge is 2.34. The van der Waals surface area contributed by atoms with Crippen LogP contribution in [0.4, 0.5) is 5.69 Å². The highest BCUT2D eigenvalue weighted by atomic mass is 35.5. The van der Waals surface area contributed by atoms with Gasteiger partial charge in [-0.15, -0.1) is 0 Å². The highest BCUT2D eigenvalue weighted by molar-refractivity contribution is 6.30. The molecule has 136 valence electrons. The average Bonchev–Trinajstić information content (AvgIpc) is 3.01. The number of aryl methyl sites for hydroxylation is 1. The minimum Gasteiger partial charge on any atom is -0.492 e. The van der Waals surface area contributed by atoms with E-state index in [2.05, 4.69) is 5.32 Å². The van der Waals surface area contributed by atoms with E-state index in [4.69, 9.17) is 16.3 Å². The molecule has 3 rings (SSSR count). The lowest BCUT2D eigenvalue weighted by atomic mass is 10.1. The molecule has 0 saturated carbocycles. The summed E-state index contributed by atoms with van der Waals surface area (Å²) in [6, 6.07) is 14.8. The normalized spacial score (nSPS) is 16.6. The van der Waals surface area contributed by atoms with E-state index in [1.807, 2.05) is 31.2 Å². The summed E-state index contributed by atoms with van der Waals surface area (Å²) in [7, 11) is 0. The maximum absolute atomic E-state index is 12.3. The Morgan fingerprint density at radius 3 is 2.77 bits per heavy atom. The third-order valence-corrected chi connectivity index (χ3v) is 4.55. The van der Waals surface area contributed by atoms with E-state index in [1.165, 1.54) is 0 Å². The molecular weight excluding hydrogens is 352 g/mol. The van der Waals surface area contributed by atoms with Crippen LogP contribution in [0.5, 0.6) is 5.75 Å². The number of benzene rings is 2. The van der Waals surface area contributed by atoms with Crippen LogP contribution in [0, 0.1) is 12.8 Å². The molecule has 0 bridgehead atoms. The van der Waals surface area contributed by atoms with E-state index in [0.717, 1.165) is 17.0 Å². The number of nitrogens with zero attached hydrogens (tertiary/aromatic N) is 1. The minimum atomic E-state index is -0.350. The molecule has 1 heterocycles. The Balaban J connectivity index is 1.46. The second kappa shape index (κ2) is 8.23. The fourth-order valence-electron chi connectivity index (χ4n) is 2.95. The number of hydrogen-bond donors (Lipinski definition) is 1. The van der Waals surface area contributed by atoms with E-state index in [-0.39, 0.29) is 24.2 Å². The molecule has 1 aliphatic rings. The van der Waals surface area contributed by atoms with Gasteiger partial charge in [0.2, 0.25) is 11.8 Å². The fourth-order valence-corrected chi connectivity index (χ4v) is 3.07. The zero-order chi connectivity index (χ0) is 18.5. The SMILES string of the molecule is Cc1cccc(OCCNC(=O)[C@@H]2CC(=O)N(c3ccc(Cl)cc3)C2)c1. The lowest BCUT2D eigenvalue weighted by molar-refractivity contribution is -0.126. The molecule has 1 N–H and O–H groups in total. The van der Waals surface area contributed by atoms with Gasteiger partial charge in [-0.2, -0.15) is 0 Å². The Hall–Kier alpha value is -2.53. The number of nitrogens with one attached hydrogen (secondary N) is 1. The van der Waals surface area contributed by atoms with Crippen molar-refractivity contribution in [2.24, 2.45) is 5.92 Å². The van der Waals surface area contributed by atoms with Crippen molar-refractivity contribution in [3.63, 3.8) is 0 Å². The summed E-state index contributed by atoms with van der Waals surface area (Å²) in [6.45, 7) is 3.17. The number of halogens is 1. The van der Waals surface area contributed by atoms with E-state index in [9.17, 15) is 9.59 Å². The molecule has 1 fully saturated rings. The second-order valence-electron chi connectivity index (χ2n) is 6.34. The first-order valence-corrected chi connectivity index (χ1v) is 8.94. The third-order valence-electron chi connectivity index (χ3n) is 4.29. The molecule has 5 nitrogen and oxygen atoms in total. The van der Waals surface area contributed by atoms with Gasteiger partial charge in [0.1, 0.15) is 12.4 Å². The van der Waals surface area contributed by atoms with Crippen molar-refractivity contribution in [3.05, 3.63) is 59.1 Å². The third kappa shape index (κ3) is 4.55. The van der Waals surface area contributed by atoms with Crippen LogP contribution in [-0.2, 0) is 9.59 Å². The highest BCUT2D eigenvalue weighted by Crippen LogP contribution is 2.26. The van der Waals surface area contributed by atoms with Crippen LogP contribution < -0.4 is 15.0 Å². The predicted octanol–water partition coefficient (Wildman–Crippen LogP) is 3.20. The Bertz CT molecular complexity index is 792. The Morgan fingerprint density at radius 2 is 2.04 bits per heavy atom. The van der Waals surface area contributed by atoms with Gasteiger partial charge in [0.05, 0.1) is 12.5 Å². The standard InChI is InChI=1S/C20H21ClN2O3/c1-14-3-2-4-18(11-14)26-10-9-22-20(25)15-12-19(24)23(13-15)17-7-5-16(21)6-8-17/h2-8,11,15H,9-10,12-13H2,1H3,(H,22,25)/t15-/m1/s1. The number of rotatable bonds is 6. The van der Waals surface area contributed by atoms with Crippen LogP contribution in [0.15, 0.2) is 48.5 Å². The van der Waals surface area contributed by atoms with Crippen molar-refractivity contribution in [3.8, 4) is 5.75 Å². The molecular formula is C20H21ClN2O3. The summed E-state index contributed by atoms with van der Waals surface area (Å²) >= 11 is 5.88. The zero-order valence-electron chi connectivity index (χ0n) is 14.6. The van der Waals surface area contributed by atoms with Crippen LogP contribution in [0.25, 0.3) is 0 Å². The second-order valence-corrected chi connectivity index (χ2v) is 6.77. The smallest absolute Gasteiger partial charge is 0.227 e. The van der Waals surface area contributed by atoms with Crippen molar-refractivity contribution in [2.45, 2.75) is 13.3 Å². The minimum absolute atomic E-state index is 0.0523. The summed E-state index contributed by atoms with van der Waals surface area (Å²) in [6.07, 6.45) is 0.215. The van der Waals surface area contributed by atoms with Gasteiger partial charge in [-0.1, -0.05) is 23.7 Å². The number of ether oxygens (including phenoxy) is 1. The van der Waals surface area contributed by atoms with Gasteiger partial charge in [-0.25, -0.2) is 0 Å². The van der Waals surface area contributed by atoms with Crippen LogP contribution in [0.2, 0.25) is 5.02 Å². The Kier molecular flexibility index (Phi) is 5.78. The number of carbonyl (C=O) groups excluding carboxylic acids is 2. The summed E-state index contributed by atoms with van der Waals surface area (Å²) in [5.74, 6) is 0.257. The monoisotopic (exact) mass is 372 g/mol. The van der Waals surface area contributed by atoms with Crippen LogP contribution in [0.1, 0.15) is 12.0 Å². The molecule has 2 amide bonds. The van der Waals surface area contributed by atoms with Crippen molar-refractivity contribution < 1.29 is 14.3 Å². The molecule has 0 unspecified atom stereocenters. The Morgan fingerprint density at radius 1 is 1.27 bits per heavy atom. The molecule has 2 aromatic carbocycles. The first-order valence-electron chi connectivity index (χ1n) is 8.56. The molecule has 1 saturated heterocycles. The molecule has 0 aliphatic carbocycles. The van der Waals surface area contributed by atoms with Gasteiger partial charge in [-0.3, -0.25) is 9.59 Å². The number of hydrogen-bond acceptors (Lipinski definition) is 3. The molecule has 2 aromatic rings. The van der Waals surface area contributed by atoms with Crippen LogP contribution >= 0.6 is 11.6 Å². The van der Waals surface area contributed by atoms with Crippen molar-refractivity contribution in [2.75, 3.05) is 24.6 Å². The Labute approximate surface area is 157 Å². The zero-order valence-corrected chi connectivity index (χ0v) is 15.3. The number of amides is 2. The molecule has 1 aliphatic heterocycles. The predicted molar refractivity (Wildman–Crippen MR) is 102 cm³/mol. The topological polar surface area (TPSA) is 58.6 Å². The summed E-state index contributed by atoms with van der Waals surface area (Å²) in [5, 5.41) is 3.46.